The number of furan rings is 1. The zero-order valence-electron chi connectivity index (χ0n) is 10.8. The molecule has 0 saturated heterocycles. The van der Waals surface area contributed by atoms with E-state index in [-0.39, 0.29) is 21.7 Å². The van der Waals surface area contributed by atoms with E-state index >= 15 is 0 Å². The molecule has 21 heavy (non-hydrogen) atoms. The van der Waals surface area contributed by atoms with E-state index in [1.165, 1.54) is 31.3 Å². The molecule has 0 atom stereocenters. The fraction of sp³-hybridized carbons (Fsp3) is 0.167. The van der Waals surface area contributed by atoms with Crippen LogP contribution in [-0.2, 0) is 16.6 Å². The number of benzene rings is 1. The van der Waals surface area contributed by atoms with Gasteiger partial charge in [0.15, 0.2) is 5.82 Å². The van der Waals surface area contributed by atoms with E-state index < -0.39 is 15.8 Å². The van der Waals surface area contributed by atoms with Gasteiger partial charge in [0.2, 0.25) is 5.09 Å². The van der Waals surface area contributed by atoms with Crippen molar-refractivity contribution < 1.29 is 17.2 Å². The molecule has 0 radical (unpaired) electrons. The van der Waals surface area contributed by atoms with Crippen molar-refractivity contribution in [3.63, 3.8) is 0 Å². The van der Waals surface area contributed by atoms with E-state index in [0.29, 0.717) is 11.4 Å². The van der Waals surface area contributed by atoms with Crippen LogP contribution in [0.4, 0.5) is 10.1 Å². The molecule has 9 heteroatoms. The van der Waals surface area contributed by atoms with E-state index in [9.17, 15) is 12.8 Å². The molecule has 0 saturated carbocycles. The normalized spacial score (nSPS) is 11.6. The van der Waals surface area contributed by atoms with Crippen molar-refractivity contribution in [2.75, 3.05) is 12.4 Å². The molecule has 0 spiro atoms. The maximum Gasteiger partial charge on any atom is 0.273 e. The van der Waals surface area contributed by atoms with Gasteiger partial charge in [0.25, 0.3) is 10.0 Å². The third kappa shape index (κ3) is 3.68. The zero-order chi connectivity index (χ0) is 15.6. The van der Waals surface area contributed by atoms with Crippen molar-refractivity contribution in [1.29, 1.82) is 0 Å². The summed E-state index contributed by atoms with van der Waals surface area (Å²) in [6.07, 6.45) is 0. The van der Waals surface area contributed by atoms with Crippen molar-refractivity contribution in [2.45, 2.75) is 11.6 Å². The Balaban J connectivity index is 2.11. The monoisotopic (exact) mass is 352 g/mol. The molecule has 2 aromatic rings. The van der Waals surface area contributed by atoms with E-state index in [1.54, 1.807) is 0 Å². The second-order valence-electron chi connectivity index (χ2n) is 4.04. The summed E-state index contributed by atoms with van der Waals surface area (Å²) >= 11 is 11.3. The van der Waals surface area contributed by atoms with Gasteiger partial charge in [-0.25, -0.2) is 17.5 Å². The minimum atomic E-state index is -3.62. The molecule has 1 aromatic heterocycles. The zero-order valence-corrected chi connectivity index (χ0v) is 13.1. The Morgan fingerprint density at radius 1 is 1.24 bits per heavy atom. The van der Waals surface area contributed by atoms with Crippen molar-refractivity contribution in [3.05, 3.63) is 45.9 Å². The summed E-state index contributed by atoms with van der Waals surface area (Å²) < 4.78 is 43.6. The van der Waals surface area contributed by atoms with Crippen molar-refractivity contribution in [3.8, 4) is 0 Å². The van der Waals surface area contributed by atoms with Crippen LogP contribution in [0.3, 0.4) is 0 Å². The highest BCUT2D eigenvalue weighted by molar-refractivity contribution is 7.89. The molecule has 0 aliphatic heterocycles. The van der Waals surface area contributed by atoms with Gasteiger partial charge >= 0.3 is 0 Å². The first-order valence-electron chi connectivity index (χ1n) is 5.74. The standard InChI is InChI=1S/C12H11Cl2FN2O3S/c1-16-21(18,19)11-3-2-8(20-11)6-17-7-4-9(13)12(15)10(14)5-7/h2-5,16-17H,6H2,1H3. The van der Waals surface area contributed by atoms with Crippen LogP contribution in [0.2, 0.25) is 10.0 Å². The van der Waals surface area contributed by atoms with Crippen molar-refractivity contribution in [2.24, 2.45) is 0 Å². The summed E-state index contributed by atoms with van der Waals surface area (Å²) in [5.74, 6) is -0.301. The first kappa shape index (κ1) is 16.1. The fourth-order valence-corrected chi connectivity index (χ4v) is 2.70. The molecule has 0 aliphatic rings. The van der Waals surface area contributed by atoms with Crippen LogP contribution in [0.5, 0.6) is 0 Å². The topological polar surface area (TPSA) is 71.3 Å². The van der Waals surface area contributed by atoms with Gasteiger partial charge in [-0.05, 0) is 31.3 Å². The molecule has 2 N–H and O–H groups in total. The van der Waals surface area contributed by atoms with Gasteiger partial charge in [0.1, 0.15) is 5.76 Å². The first-order chi connectivity index (χ1) is 9.83. The number of nitrogens with one attached hydrogen (secondary N) is 2. The van der Waals surface area contributed by atoms with Gasteiger partial charge in [0, 0.05) is 5.69 Å². The Morgan fingerprint density at radius 2 is 1.86 bits per heavy atom. The third-order valence-electron chi connectivity index (χ3n) is 2.62. The van der Waals surface area contributed by atoms with Gasteiger partial charge in [0.05, 0.1) is 16.6 Å². The summed E-state index contributed by atoms with van der Waals surface area (Å²) in [6, 6.07) is 5.60. The highest BCUT2D eigenvalue weighted by atomic mass is 35.5. The lowest BCUT2D eigenvalue weighted by atomic mass is 10.3. The summed E-state index contributed by atoms with van der Waals surface area (Å²) in [7, 11) is -2.33. The van der Waals surface area contributed by atoms with Crippen LogP contribution in [0.1, 0.15) is 5.76 Å². The van der Waals surface area contributed by atoms with E-state index in [1.807, 2.05) is 0 Å². The predicted molar refractivity (Wildman–Crippen MR) is 78.7 cm³/mol. The highest BCUT2D eigenvalue weighted by Crippen LogP contribution is 2.27. The first-order valence-corrected chi connectivity index (χ1v) is 7.98. The second kappa shape index (κ2) is 6.23. The predicted octanol–water partition coefficient (Wildman–Crippen LogP) is 3.25. The molecule has 1 aromatic carbocycles. The van der Waals surface area contributed by atoms with Crippen LogP contribution in [-0.4, -0.2) is 15.5 Å². The molecule has 0 unspecified atom stereocenters. The smallest absolute Gasteiger partial charge is 0.273 e. The molecule has 2 rings (SSSR count). The Hall–Kier alpha value is -1.28. The summed E-state index contributed by atoms with van der Waals surface area (Å²) in [5.41, 5.74) is 0.487. The Kier molecular flexibility index (Phi) is 4.77. The molecule has 0 amide bonds. The van der Waals surface area contributed by atoms with Crippen LogP contribution >= 0.6 is 23.2 Å². The lowest BCUT2D eigenvalue weighted by Crippen LogP contribution is -2.17. The maximum atomic E-state index is 13.3. The molecular formula is C12H11Cl2FN2O3S. The maximum absolute atomic E-state index is 13.3. The average molecular weight is 353 g/mol. The van der Waals surface area contributed by atoms with E-state index in [0.717, 1.165) is 0 Å². The number of rotatable bonds is 5. The highest BCUT2D eigenvalue weighted by Gasteiger charge is 2.16. The molecule has 5 nitrogen and oxygen atoms in total. The Bertz CT molecular complexity index is 739. The number of sulfonamides is 1. The largest absolute Gasteiger partial charge is 0.446 e. The van der Waals surface area contributed by atoms with Gasteiger partial charge in [-0.15, -0.1) is 0 Å². The second-order valence-corrected chi connectivity index (χ2v) is 6.67. The molecule has 0 aliphatic carbocycles. The minimum absolute atomic E-state index is 0.108. The average Bonchev–Trinajstić information content (AvgIpc) is 2.92. The number of halogens is 3. The molecule has 0 bridgehead atoms. The third-order valence-corrected chi connectivity index (χ3v) is 4.46. The number of hydrogen-bond donors (Lipinski definition) is 2. The minimum Gasteiger partial charge on any atom is -0.446 e. The molecule has 0 fully saturated rings. The summed E-state index contributed by atoms with van der Waals surface area (Å²) in [4.78, 5) is 0. The summed E-state index contributed by atoms with van der Waals surface area (Å²) in [6.45, 7) is 0.192. The van der Waals surface area contributed by atoms with Crippen LogP contribution in [0.15, 0.2) is 33.8 Å². The van der Waals surface area contributed by atoms with Gasteiger partial charge in [-0.3, -0.25) is 0 Å². The molecule has 114 valence electrons. The molecular weight excluding hydrogens is 342 g/mol. The lowest BCUT2D eigenvalue weighted by molar-refractivity contribution is 0.417. The van der Waals surface area contributed by atoms with Gasteiger partial charge < -0.3 is 9.73 Å². The Labute approximate surface area is 131 Å². The van der Waals surface area contributed by atoms with Crippen molar-refractivity contribution >= 4 is 38.9 Å². The summed E-state index contributed by atoms with van der Waals surface area (Å²) in [5, 5.41) is 2.51. The molecule has 1 heterocycles. The van der Waals surface area contributed by atoms with E-state index in [4.69, 9.17) is 27.6 Å². The van der Waals surface area contributed by atoms with Crippen LogP contribution in [0.25, 0.3) is 0 Å². The fourth-order valence-electron chi connectivity index (χ4n) is 1.55. The van der Waals surface area contributed by atoms with E-state index in [2.05, 4.69) is 10.0 Å². The Morgan fingerprint density at radius 3 is 2.43 bits per heavy atom. The van der Waals surface area contributed by atoms with Crippen molar-refractivity contribution in [1.82, 2.24) is 4.72 Å². The number of hydrogen-bond acceptors (Lipinski definition) is 4. The SMILES string of the molecule is CNS(=O)(=O)c1ccc(CNc2cc(Cl)c(F)c(Cl)c2)o1. The number of anilines is 1. The quantitative estimate of drug-likeness (QED) is 0.810. The van der Waals surface area contributed by atoms with Crippen LogP contribution in [0, 0.1) is 5.82 Å². The van der Waals surface area contributed by atoms with Gasteiger partial charge in [-0.2, -0.15) is 0 Å². The van der Waals surface area contributed by atoms with Gasteiger partial charge in [-0.1, -0.05) is 23.2 Å². The lowest BCUT2D eigenvalue weighted by Gasteiger charge is -2.06. The van der Waals surface area contributed by atoms with Crippen LogP contribution < -0.4 is 10.0 Å².